The number of hydrogen-bond donors (Lipinski definition) is 1. The zero-order valence-corrected chi connectivity index (χ0v) is 17.4. The minimum Gasteiger partial charge on any atom is -0.497 e. The molecule has 3 aromatic rings. The third-order valence-electron chi connectivity index (χ3n) is 4.54. The molecule has 29 heavy (non-hydrogen) atoms. The Balaban J connectivity index is 2.21. The van der Waals surface area contributed by atoms with Crippen molar-refractivity contribution in [2.45, 2.75) is 39.8 Å². The SMILES string of the molecule is COc1ccc(-c2cc3ccc(F)cc3c(N(C(=O)NC(C)C)C(C)C)n2)cc1. The molecule has 0 aliphatic carbocycles. The van der Waals surface area contributed by atoms with Crippen molar-refractivity contribution in [2.24, 2.45) is 0 Å². The molecule has 1 aromatic heterocycles. The number of amides is 2. The average Bonchev–Trinajstić information content (AvgIpc) is 2.67. The van der Waals surface area contributed by atoms with Gasteiger partial charge in [-0.3, -0.25) is 4.90 Å². The Morgan fingerprint density at radius 2 is 1.76 bits per heavy atom. The number of nitrogens with one attached hydrogen (secondary N) is 1. The van der Waals surface area contributed by atoms with Gasteiger partial charge in [0.15, 0.2) is 0 Å². The number of carbonyl (C=O) groups is 1. The maximum atomic E-state index is 14.0. The van der Waals surface area contributed by atoms with Crippen molar-refractivity contribution in [1.29, 1.82) is 0 Å². The summed E-state index contributed by atoms with van der Waals surface area (Å²) in [5, 5.41) is 4.32. The maximum Gasteiger partial charge on any atom is 0.323 e. The molecule has 6 heteroatoms. The molecule has 152 valence electrons. The van der Waals surface area contributed by atoms with Crippen molar-refractivity contribution in [3.05, 3.63) is 54.3 Å². The second-order valence-electron chi connectivity index (χ2n) is 7.49. The predicted octanol–water partition coefficient (Wildman–Crippen LogP) is 5.38. The fourth-order valence-electron chi connectivity index (χ4n) is 3.19. The fourth-order valence-corrected chi connectivity index (χ4v) is 3.19. The summed E-state index contributed by atoms with van der Waals surface area (Å²) in [6, 6.07) is 13.5. The first-order valence-corrected chi connectivity index (χ1v) is 9.64. The number of pyridine rings is 1. The first-order chi connectivity index (χ1) is 13.8. The van der Waals surface area contributed by atoms with Crippen LogP contribution in [0.1, 0.15) is 27.7 Å². The summed E-state index contributed by atoms with van der Waals surface area (Å²) in [5.41, 5.74) is 1.58. The number of nitrogens with zero attached hydrogens (tertiary/aromatic N) is 2. The van der Waals surface area contributed by atoms with E-state index in [1.807, 2.05) is 58.0 Å². The predicted molar refractivity (Wildman–Crippen MR) is 115 cm³/mol. The Morgan fingerprint density at radius 1 is 1.07 bits per heavy atom. The van der Waals surface area contributed by atoms with Gasteiger partial charge >= 0.3 is 6.03 Å². The van der Waals surface area contributed by atoms with Crippen LogP contribution in [0, 0.1) is 5.82 Å². The van der Waals surface area contributed by atoms with Crippen LogP contribution < -0.4 is 15.0 Å². The number of hydrogen-bond acceptors (Lipinski definition) is 3. The second-order valence-corrected chi connectivity index (χ2v) is 7.49. The van der Waals surface area contributed by atoms with Crippen LogP contribution in [0.4, 0.5) is 15.0 Å². The molecule has 3 rings (SSSR count). The Bertz CT molecular complexity index is 1020. The van der Waals surface area contributed by atoms with Gasteiger partial charge in [-0.2, -0.15) is 0 Å². The summed E-state index contributed by atoms with van der Waals surface area (Å²) >= 11 is 0. The molecule has 1 N–H and O–H groups in total. The van der Waals surface area contributed by atoms with Crippen LogP contribution in [-0.4, -0.2) is 30.2 Å². The molecule has 0 aliphatic rings. The monoisotopic (exact) mass is 395 g/mol. The molecule has 2 amide bonds. The van der Waals surface area contributed by atoms with Crippen molar-refractivity contribution < 1.29 is 13.9 Å². The fraction of sp³-hybridized carbons (Fsp3) is 0.304. The normalized spacial score (nSPS) is 11.2. The minimum atomic E-state index is -0.370. The van der Waals surface area contributed by atoms with E-state index in [2.05, 4.69) is 5.32 Å². The number of rotatable bonds is 5. The van der Waals surface area contributed by atoms with Gasteiger partial charge in [0.2, 0.25) is 0 Å². The zero-order valence-electron chi connectivity index (χ0n) is 17.4. The van der Waals surface area contributed by atoms with Gasteiger partial charge in [0.05, 0.1) is 12.8 Å². The van der Waals surface area contributed by atoms with E-state index in [0.29, 0.717) is 16.9 Å². The first-order valence-electron chi connectivity index (χ1n) is 9.64. The maximum absolute atomic E-state index is 14.0. The van der Waals surface area contributed by atoms with E-state index in [-0.39, 0.29) is 23.9 Å². The molecule has 0 radical (unpaired) electrons. The molecule has 0 fully saturated rings. The highest BCUT2D eigenvalue weighted by Crippen LogP contribution is 2.32. The lowest BCUT2D eigenvalue weighted by atomic mass is 10.1. The van der Waals surface area contributed by atoms with Gasteiger partial charge in [0.25, 0.3) is 0 Å². The molecule has 0 aliphatic heterocycles. The number of ether oxygens (including phenoxy) is 1. The van der Waals surface area contributed by atoms with Gasteiger partial charge in [-0.15, -0.1) is 0 Å². The molecule has 0 atom stereocenters. The lowest BCUT2D eigenvalue weighted by Gasteiger charge is -2.28. The highest BCUT2D eigenvalue weighted by Gasteiger charge is 2.24. The van der Waals surface area contributed by atoms with Crippen LogP contribution in [0.3, 0.4) is 0 Å². The summed E-state index contributed by atoms with van der Waals surface area (Å²) in [6.45, 7) is 7.62. The van der Waals surface area contributed by atoms with Gasteiger partial charge < -0.3 is 10.1 Å². The second kappa shape index (κ2) is 8.47. The third-order valence-corrected chi connectivity index (χ3v) is 4.54. The van der Waals surface area contributed by atoms with Crippen molar-refractivity contribution >= 4 is 22.6 Å². The van der Waals surface area contributed by atoms with Gasteiger partial charge in [0.1, 0.15) is 17.4 Å². The summed E-state index contributed by atoms with van der Waals surface area (Å²) in [4.78, 5) is 19.3. The number of halogens is 1. The number of urea groups is 1. The van der Waals surface area contributed by atoms with Gasteiger partial charge in [-0.1, -0.05) is 6.07 Å². The van der Waals surface area contributed by atoms with E-state index in [1.54, 1.807) is 18.1 Å². The number of benzene rings is 2. The molecule has 0 bridgehead atoms. The molecular weight excluding hydrogens is 369 g/mol. The highest BCUT2D eigenvalue weighted by atomic mass is 19.1. The Kier molecular flexibility index (Phi) is 6.01. The van der Waals surface area contributed by atoms with E-state index in [0.717, 1.165) is 16.7 Å². The van der Waals surface area contributed by atoms with Gasteiger partial charge in [-0.05, 0) is 75.5 Å². The number of anilines is 1. The van der Waals surface area contributed by atoms with E-state index < -0.39 is 0 Å². The largest absolute Gasteiger partial charge is 0.497 e. The smallest absolute Gasteiger partial charge is 0.323 e. The number of methoxy groups -OCH3 is 1. The Labute approximate surface area is 170 Å². The summed E-state index contributed by atoms with van der Waals surface area (Å²) in [7, 11) is 1.61. The standard InChI is InChI=1S/C23H26FN3O2/c1-14(2)25-23(28)27(15(3)4)22-20-13-18(24)9-6-17(20)12-21(26-22)16-7-10-19(29-5)11-8-16/h6-15H,1-5H3,(H,25,28). The molecule has 0 saturated carbocycles. The number of fused-ring (bicyclic) bond motifs is 1. The number of carbonyl (C=O) groups excluding carboxylic acids is 1. The molecule has 2 aromatic carbocycles. The highest BCUT2D eigenvalue weighted by molar-refractivity contribution is 6.03. The van der Waals surface area contributed by atoms with Crippen LogP contribution in [0.5, 0.6) is 5.75 Å². The van der Waals surface area contributed by atoms with Crippen molar-refractivity contribution in [3.8, 4) is 17.0 Å². The van der Waals surface area contributed by atoms with E-state index >= 15 is 0 Å². The van der Waals surface area contributed by atoms with Crippen LogP contribution >= 0.6 is 0 Å². The minimum absolute atomic E-state index is 0.0310. The van der Waals surface area contributed by atoms with Gasteiger partial charge in [0, 0.05) is 23.0 Å². The zero-order chi connectivity index (χ0) is 21.1. The van der Waals surface area contributed by atoms with Crippen LogP contribution in [0.15, 0.2) is 48.5 Å². The number of aromatic nitrogens is 1. The topological polar surface area (TPSA) is 54.5 Å². The Morgan fingerprint density at radius 3 is 2.34 bits per heavy atom. The quantitative estimate of drug-likeness (QED) is 0.631. The van der Waals surface area contributed by atoms with Crippen LogP contribution in [0.2, 0.25) is 0 Å². The molecule has 0 spiro atoms. The van der Waals surface area contributed by atoms with Crippen molar-refractivity contribution in [1.82, 2.24) is 10.3 Å². The molecule has 1 heterocycles. The van der Waals surface area contributed by atoms with E-state index in [4.69, 9.17) is 9.72 Å². The Hall–Kier alpha value is -3.15. The lowest BCUT2D eigenvalue weighted by molar-refractivity contribution is 0.242. The molecular formula is C23H26FN3O2. The summed E-state index contributed by atoms with van der Waals surface area (Å²) < 4.78 is 19.3. The molecule has 0 saturated heterocycles. The third kappa shape index (κ3) is 4.47. The molecule has 0 unspecified atom stereocenters. The van der Waals surface area contributed by atoms with Crippen molar-refractivity contribution in [3.63, 3.8) is 0 Å². The van der Waals surface area contributed by atoms with Crippen LogP contribution in [0.25, 0.3) is 22.0 Å². The lowest BCUT2D eigenvalue weighted by Crippen LogP contribution is -2.47. The average molecular weight is 395 g/mol. The van der Waals surface area contributed by atoms with Crippen LogP contribution in [-0.2, 0) is 0 Å². The first kappa shape index (κ1) is 20.6. The molecule has 5 nitrogen and oxygen atoms in total. The van der Waals surface area contributed by atoms with E-state index in [1.165, 1.54) is 12.1 Å². The van der Waals surface area contributed by atoms with E-state index in [9.17, 15) is 9.18 Å². The summed E-state index contributed by atoms with van der Waals surface area (Å²) in [6.07, 6.45) is 0. The summed E-state index contributed by atoms with van der Waals surface area (Å²) in [5.74, 6) is 0.809. The van der Waals surface area contributed by atoms with Crippen molar-refractivity contribution in [2.75, 3.05) is 12.0 Å². The van der Waals surface area contributed by atoms with Gasteiger partial charge in [-0.25, -0.2) is 14.2 Å².